The van der Waals surface area contributed by atoms with Crippen LogP contribution in [0.5, 0.6) is 0 Å². The zero-order chi connectivity index (χ0) is 18.8. The molecule has 8 heteroatoms. The van der Waals surface area contributed by atoms with E-state index >= 15 is 0 Å². The van der Waals surface area contributed by atoms with Crippen LogP contribution in [0, 0.1) is 6.92 Å². The Labute approximate surface area is 160 Å². The minimum absolute atomic E-state index is 0.0260. The monoisotopic (exact) mass is 391 g/mol. The summed E-state index contributed by atoms with van der Waals surface area (Å²) in [6.07, 6.45) is 1.53. The number of rotatable bonds is 4. The molecule has 0 amide bonds. The lowest BCUT2D eigenvalue weighted by molar-refractivity contribution is 0.0594. The van der Waals surface area contributed by atoms with Gasteiger partial charge in [0.1, 0.15) is 5.02 Å². The number of hydrogen-bond acceptors (Lipinski definition) is 6. The summed E-state index contributed by atoms with van der Waals surface area (Å²) in [5.74, 6) is 0.512. The van der Waals surface area contributed by atoms with Crippen molar-refractivity contribution in [1.29, 1.82) is 0 Å². The number of carbonyl (C=O) groups is 1. The van der Waals surface area contributed by atoms with Crippen molar-refractivity contribution in [1.82, 2.24) is 9.97 Å². The predicted octanol–water partition coefficient (Wildman–Crippen LogP) is 4.91. The summed E-state index contributed by atoms with van der Waals surface area (Å²) in [5.41, 5.74) is 1.56. The molecule has 0 fully saturated rings. The molecule has 3 rings (SSSR count). The van der Waals surface area contributed by atoms with Crippen LogP contribution in [0.1, 0.15) is 16.1 Å². The van der Waals surface area contributed by atoms with E-state index in [1.807, 2.05) is 6.92 Å². The molecule has 6 nitrogen and oxygen atoms in total. The molecule has 2 heterocycles. The number of ether oxygens (including phenoxy) is 1. The van der Waals surface area contributed by atoms with Crippen molar-refractivity contribution < 1.29 is 13.9 Å². The van der Waals surface area contributed by atoms with Gasteiger partial charge in [-0.05, 0) is 36.8 Å². The van der Waals surface area contributed by atoms with Gasteiger partial charge in [-0.15, -0.1) is 0 Å². The van der Waals surface area contributed by atoms with Crippen LogP contribution in [-0.4, -0.2) is 30.1 Å². The van der Waals surface area contributed by atoms with Crippen molar-refractivity contribution in [3.63, 3.8) is 0 Å². The van der Waals surface area contributed by atoms with Crippen LogP contribution >= 0.6 is 23.2 Å². The molecule has 0 unspecified atom stereocenters. The number of esters is 1. The predicted molar refractivity (Wildman–Crippen MR) is 100 cm³/mol. The summed E-state index contributed by atoms with van der Waals surface area (Å²) in [7, 11) is 3.00. The Kier molecular flexibility index (Phi) is 5.15. The van der Waals surface area contributed by atoms with E-state index in [4.69, 9.17) is 32.4 Å². The first-order valence-corrected chi connectivity index (χ1v) is 8.37. The first-order valence-electron chi connectivity index (χ1n) is 7.62. The minimum atomic E-state index is -0.653. The second-order valence-electron chi connectivity index (χ2n) is 5.49. The Morgan fingerprint density at radius 3 is 2.62 bits per heavy atom. The van der Waals surface area contributed by atoms with E-state index in [2.05, 4.69) is 9.97 Å². The smallest absolute Gasteiger partial charge is 0.358 e. The van der Waals surface area contributed by atoms with E-state index in [1.54, 1.807) is 42.3 Å². The quantitative estimate of drug-likeness (QED) is 0.588. The molecule has 0 aliphatic carbocycles. The number of nitrogens with zero attached hydrogens (tertiary/aromatic N) is 3. The molecule has 0 aliphatic rings. The lowest BCUT2D eigenvalue weighted by Crippen LogP contribution is -2.16. The van der Waals surface area contributed by atoms with Crippen LogP contribution in [0.3, 0.4) is 0 Å². The average Bonchev–Trinajstić information content (AvgIpc) is 3.15. The van der Waals surface area contributed by atoms with Gasteiger partial charge >= 0.3 is 5.97 Å². The largest absolute Gasteiger partial charge is 0.464 e. The Hall–Kier alpha value is -2.57. The lowest BCUT2D eigenvalue weighted by Gasteiger charge is -2.19. The molecule has 2 aromatic heterocycles. The van der Waals surface area contributed by atoms with Crippen LogP contribution in [0.15, 0.2) is 41.0 Å². The van der Waals surface area contributed by atoms with Crippen LogP contribution in [-0.2, 0) is 4.74 Å². The SMILES string of the molecule is COC(=O)c1nc(-c2ccc(Cl)cc2C)nc(N(C)c2ccco2)c1Cl. The van der Waals surface area contributed by atoms with Gasteiger partial charge in [0.15, 0.2) is 17.3 Å². The van der Waals surface area contributed by atoms with Crippen molar-refractivity contribution in [2.75, 3.05) is 19.1 Å². The van der Waals surface area contributed by atoms with Crippen molar-refractivity contribution in [2.45, 2.75) is 6.92 Å². The second kappa shape index (κ2) is 7.35. The first-order chi connectivity index (χ1) is 12.4. The van der Waals surface area contributed by atoms with E-state index in [9.17, 15) is 4.79 Å². The van der Waals surface area contributed by atoms with Crippen molar-refractivity contribution in [3.8, 4) is 11.4 Å². The van der Waals surface area contributed by atoms with Gasteiger partial charge in [0, 0.05) is 23.7 Å². The summed E-state index contributed by atoms with van der Waals surface area (Å²) >= 11 is 12.4. The zero-order valence-electron chi connectivity index (χ0n) is 14.3. The van der Waals surface area contributed by atoms with Crippen LogP contribution in [0.25, 0.3) is 11.4 Å². The van der Waals surface area contributed by atoms with Gasteiger partial charge in [-0.2, -0.15) is 0 Å². The fourth-order valence-electron chi connectivity index (χ4n) is 2.45. The van der Waals surface area contributed by atoms with Gasteiger partial charge in [0.25, 0.3) is 0 Å². The van der Waals surface area contributed by atoms with E-state index in [1.165, 1.54) is 13.4 Å². The van der Waals surface area contributed by atoms with E-state index in [0.29, 0.717) is 22.5 Å². The highest BCUT2D eigenvalue weighted by Gasteiger charge is 2.24. The number of halogens is 2. The molecule has 0 aliphatic heterocycles. The Balaban J connectivity index is 2.22. The van der Waals surface area contributed by atoms with Gasteiger partial charge in [-0.25, -0.2) is 14.8 Å². The maximum absolute atomic E-state index is 12.2. The van der Waals surface area contributed by atoms with Crippen molar-refractivity contribution >= 4 is 40.9 Å². The maximum atomic E-state index is 12.2. The van der Waals surface area contributed by atoms with E-state index < -0.39 is 5.97 Å². The lowest BCUT2D eigenvalue weighted by atomic mass is 10.1. The van der Waals surface area contributed by atoms with Crippen LogP contribution < -0.4 is 4.90 Å². The maximum Gasteiger partial charge on any atom is 0.358 e. The molecule has 0 saturated carbocycles. The highest BCUT2D eigenvalue weighted by Crippen LogP contribution is 2.34. The van der Waals surface area contributed by atoms with Gasteiger partial charge in [0.2, 0.25) is 5.88 Å². The topological polar surface area (TPSA) is 68.5 Å². The summed E-state index contributed by atoms with van der Waals surface area (Å²) in [5, 5.41) is 0.674. The van der Waals surface area contributed by atoms with Crippen LogP contribution in [0.2, 0.25) is 10.0 Å². The van der Waals surface area contributed by atoms with Crippen molar-refractivity contribution in [3.05, 3.63) is 57.9 Å². The number of benzene rings is 1. The number of furan rings is 1. The van der Waals surface area contributed by atoms with Crippen LogP contribution in [0.4, 0.5) is 11.7 Å². The highest BCUT2D eigenvalue weighted by molar-refractivity contribution is 6.35. The standard InChI is InChI=1S/C18H15Cl2N3O3/c1-10-9-11(19)6-7-12(10)16-21-15(18(24)25-3)14(20)17(22-16)23(2)13-5-4-8-26-13/h4-9H,1-3H3. The Bertz CT molecular complexity index is 959. The molecule has 0 bridgehead atoms. The third-order valence-electron chi connectivity index (χ3n) is 3.80. The molecule has 1 aromatic carbocycles. The second-order valence-corrected chi connectivity index (χ2v) is 6.31. The molecule has 26 heavy (non-hydrogen) atoms. The fraction of sp³-hybridized carbons (Fsp3) is 0.167. The number of carbonyl (C=O) groups excluding carboxylic acids is 1. The molecule has 134 valence electrons. The molecule has 0 saturated heterocycles. The third-order valence-corrected chi connectivity index (χ3v) is 4.38. The molecule has 0 N–H and O–H groups in total. The van der Waals surface area contributed by atoms with Gasteiger partial charge in [-0.3, -0.25) is 4.90 Å². The molecule has 0 radical (unpaired) electrons. The molecule has 0 spiro atoms. The highest BCUT2D eigenvalue weighted by atomic mass is 35.5. The molecular formula is C18H15Cl2N3O3. The van der Waals surface area contributed by atoms with E-state index in [-0.39, 0.29) is 10.7 Å². The van der Waals surface area contributed by atoms with Gasteiger partial charge in [0.05, 0.1) is 13.4 Å². The summed E-state index contributed by atoms with van der Waals surface area (Å²) in [6, 6.07) is 8.81. The molecule has 3 aromatic rings. The summed E-state index contributed by atoms with van der Waals surface area (Å²) in [4.78, 5) is 22.6. The number of hydrogen-bond donors (Lipinski definition) is 0. The number of anilines is 2. The van der Waals surface area contributed by atoms with E-state index in [0.717, 1.165) is 11.1 Å². The summed E-state index contributed by atoms with van der Waals surface area (Å²) < 4.78 is 10.2. The molecule has 0 atom stereocenters. The molecular weight excluding hydrogens is 377 g/mol. The first kappa shape index (κ1) is 18.2. The van der Waals surface area contributed by atoms with Crippen molar-refractivity contribution in [2.24, 2.45) is 0 Å². The minimum Gasteiger partial charge on any atom is -0.464 e. The Morgan fingerprint density at radius 2 is 2.00 bits per heavy atom. The zero-order valence-corrected chi connectivity index (χ0v) is 15.8. The number of methoxy groups -OCH3 is 1. The Morgan fingerprint density at radius 1 is 1.23 bits per heavy atom. The average molecular weight is 392 g/mol. The summed E-state index contributed by atoms with van der Waals surface area (Å²) in [6.45, 7) is 1.88. The fourth-order valence-corrected chi connectivity index (χ4v) is 2.97. The third kappa shape index (κ3) is 3.38. The number of aromatic nitrogens is 2. The van der Waals surface area contributed by atoms with Gasteiger partial charge in [-0.1, -0.05) is 23.2 Å². The van der Waals surface area contributed by atoms with Gasteiger partial charge < -0.3 is 9.15 Å². The number of aryl methyl sites for hydroxylation is 1. The normalized spacial score (nSPS) is 10.7.